The lowest BCUT2D eigenvalue weighted by molar-refractivity contribution is -0.129. The molecular weight excluding hydrogens is 348 g/mol. The van der Waals surface area contributed by atoms with Crippen LogP contribution in [0, 0.1) is 13.8 Å². The maximum atomic E-state index is 12.5. The van der Waals surface area contributed by atoms with Crippen molar-refractivity contribution in [2.24, 2.45) is 0 Å². The van der Waals surface area contributed by atoms with E-state index in [4.69, 9.17) is 9.15 Å². The van der Waals surface area contributed by atoms with Gasteiger partial charge in [-0.2, -0.15) is 0 Å². The number of nitrogens with zero attached hydrogens (tertiary/aromatic N) is 2. The van der Waals surface area contributed by atoms with E-state index in [9.17, 15) is 4.79 Å². The molecule has 136 valence electrons. The average molecular weight is 370 g/mol. The van der Waals surface area contributed by atoms with Crippen molar-refractivity contribution in [2.75, 3.05) is 20.2 Å². The first-order valence-electron chi connectivity index (χ1n) is 8.47. The highest BCUT2D eigenvalue weighted by atomic mass is 32.1. The Hall–Kier alpha value is -2.60. The summed E-state index contributed by atoms with van der Waals surface area (Å²) in [7, 11) is 1.78. The molecule has 2 heterocycles. The first kappa shape index (κ1) is 18.2. The van der Waals surface area contributed by atoms with Crippen LogP contribution in [-0.4, -0.2) is 36.0 Å². The van der Waals surface area contributed by atoms with Gasteiger partial charge in [0.2, 0.25) is 11.8 Å². The van der Waals surface area contributed by atoms with Gasteiger partial charge in [0.05, 0.1) is 23.5 Å². The number of rotatable bonds is 7. The first-order valence-corrected chi connectivity index (χ1v) is 9.35. The molecule has 0 saturated carbocycles. The van der Waals surface area contributed by atoms with Gasteiger partial charge in [0.15, 0.2) is 0 Å². The SMILES string of the molecule is Cc1ccccc1OCCN(C)C(=O)Cc1nc(-c2cccs2)oc1C. The normalized spacial score (nSPS) is 10.7. The second kappa shape index (κ2) is 8.19. The molecule has 6 heteroatoms. The number of likely N-dealkylation sites (N-methyl/N-ethyl adjacent to an activating group) is 1. The zero-order valence-electron chi connectivity index (χ0n) is 15.2. The monoisotopic (exact) mass is 370 g/mol. The lowest BCUT2D eigenvalue weighted by Crippen LogP contribution is -2.32. The van der Waals surface area contributed by atoms with Gasteiger partial charge in [0.25, 0.3) is 0 Å². The minimum atomic E-state index is -0.00693. The van der Waals surface area contributed by atoms with Crippen LogP contribution in [0.25, 0.3) is 10.8 Å². The Balaban J connectivity index is 1.54. The van der Waals surface area contributed by atoms with Crippen molar-refractivity contribution in [3.05, 3.63) is 58.8 Å². The fourth-order valence-corrected chi connectivity index (χ4v) is 3.16. The predicted octanol–water partition coefficient (Wildman–Crippen LogP) is 4.10. The Labute approximate surface area is 157 Å². The largest absolute Gasteiger partial charge is 0.491 e. The van der Waals surface area contributed by atoms with E-state index in [1.807, 2.05) is 55.6 Å². The van der Waals surface area contributed by atoms with Gasteiger partial charge in [0, 0.05) is 7.05 Å². The zero-order chi connectivity index (χ0) is 18.5. The van der Waals surface area contributed by atoms with Crippen LogP contribution < -0.4 is 4.74 Å². The summed E-state index contributed by atoms with van der Waals surface area (Å²) in [6.45, 7) is 4.81. The summed E-state index contributed by atoms with van der Waals surface area (Å²) < 4.78 is 11.5. The van der Waals surface area contributed by atoms with Gasteiger partial charge >= 0.3 is 0 Å². The highest BCUT2D eigenvalue weighted by Crippen LogP contribution is 2.26. The number of hydrogen-bond acceptors (Lipinski definition) is 5. The molecule has 0 atom stereocenters. The maximum absolute atomic E-state index is 12.5. The van der Waals surface area contributed by atoms with Crippen molar-refractivity contribution in [1.29, 1.82) is 0 Å². The van der Waals surface area contributed by atoms with Crippen LogP contribution in [0.15, 0.2) is 46.2 Å². The number of amides is 1. The number of carbonyl (C=O) groups is 1. The van der Waals surface area contributed by atoms with E-state index in [-0.39, 0.29) is 12.3 Å². The Morgan fingerprint density at radius 2 is 2.04 bits per heavy atom. The predicted molar refractivity (Wildman–Crippen MR) is 103 cm³/mol. The van der Waals surface area contributed by atoms with Gasteiger partial charge in [-0.15, -0.1) is 11.3 Å². The van der Waals surface area contributed by atoms with Gasteiger partial charge in [0.1, 0.15) is 18.1 Å². The molecule has 0 saturated heterocycles. The fourth-order valence-electron chi connectivity index (χ4n) is 2.51. The van der Waals surface area contributed by atoms with E-state index < -0.39 is 0 Å². The van der Waals surface area contributed by atoms with E-state index >= 15 is 0 Å². The molecule has 26 heavy (non-hydrogen) atoms. The van der Waals surface area contributed by atoms with E-state index in [0.29, 0.717) is 30.5 Å². The quantitative estimate of drug-likeness (QED) is 0.628. The molecule has 0 unspecified atom stereocenters. The number of para-hydroxylation sites is 1. The van der Waals surface area contributed by atoms with Crippen LogP contribution >= 0.6 is 11.3 Å². The van der Waals surface area contributed by atoms with Gasteiger partial charge in [-0.3, -0.25) is 4.79 Å². The van der Waals surface area contributed by atoms with Crippen molar-refractivity contribution in [3.63, 3.8) is 0 Å². The number of hydrogen-bond donors (Lipinski definition) is 0. The standard InChI is InChI=1S/C20H22N2O3S/c1-14-7-4-5-8-17(14)24-11-10-22(3)19(23)13-16-15(2)25-20(21-16)18-9-6-12-26-18/h4-9,12H,10-11,13H2,1-3H3. The number of oxazole rings is 1. The maximum Gasteiger partial charge on any atom is 0.236 e. The number of ether oxygens (including phenoxy) is 1. The van der Waals surface area contributed by atoms with Gasteiger partial charge in [-0.25, -0.2) is 4.98 Å². The average Bonchev–Trinajstić information content (AvgIpc) is 3.27. The lowest BCUT2D eigenvalue weighted by Gasteiger charge is -2.17. The highest BCUT2D eigenvalue weighted by Gasteiger charge is 2.17. The van der Waals surface area contributed by atoms with Crippen LogP contribution in [0.3, 0.4) is 0 Å². The molecule has 0 bridgehead atoms. The van der Waals surface area contributed by atoms with E-state index in [2.05, 4.69) is 4.98 Å². The molecule has 1 aromatic carbocycles. The molecule has 1 amide bonds. The molecule has 0 aliphatic rings. The first-order chi connectivity index (χ1) is 12.5. The van der Waals surface area contributed by atoms with Crippen molar-refractivity contribution < 1.29 is 13.9 Å². The number of thiophene rings is 1. The van der Waals surface area contributed by atoms with Crippen molar-refractivity contribution in [2.45, 2.75) is 20.3 Å². The van der Waals surface area contributed by atoms with Crippen LogP contribution in [0.5, 0.6) is 5.75 Å². The minimum absolute atomic E-state index is 0.00693. The summed E-state index contributed by atoms with van der Waals surface area (Å²) in [6, 6.07) is 11.8. The van der Waals surface area contributed by atoms with Gasteiger partial charge in [-0.1, -0.05) is 24.3 Å². The van der Waals surface area contributed by atoms with E-state index in [1.54, 1.807) is 23.3 Å². The van der Waals surface area contributed by atoms with Crippen LogP contribution in [0.1, 0.15) is 17.0 Å². The summed E-state index contributed by atoms with van der Waals surface area (Å²) in [6.07, 6.45) is 0.224. The second-order valence-corrected chi connectivity index (χ2v) is 7.05. The van der Waals surface area contributed by atoms with Gasteiger partial charge < -0.3 is 14.1 Å². The Kier molecular flexibility index (Phi) is 5.73. The molecule has 3 aromatic rings. The molecule has 0 aliphatic heterocycles. The van der Waals surface area contributed by atoms with Crippen molar-refractivity contribution in [1.82, 2.24) is 9.88 Å². The van der Waals surface area contributed by atoms with Crippen LogP contribution in [0.4, 0.5) is 0 Å². The van der Waals surface area contributed by atoms with Crippen molar-refractivity contribution in [3.8, 4) is 16.5 Å². The number of carbonyl (C=O) groups excluding carboxylic acids is 1. The van der Waals surface area contributed by atoms with Crippen molar-refractivity contribution >= 4 is 17.2 Å². The molecule has 0 radical (unpaired) electrons. The Morgan fingerprint density at radius 1 is 1.23 bits per heavy atom. The molecule has 0 N–H and O–H groups in total. The van der Waals surface area contributed by atoms with E-state index in [1.165, 1.54) is 0 Å². The molecule has 0 fully saturated rings. The molecule has 2 aromatic heterocycles. The molecule has 3 rings (SSSR count). The fraction of sp³-hybridized carbons (Fsp3) is 0.300. The second-order valence-electron chi connectivity index (χ2n) is 6.11. The number of aryl methyl sites for hydroxylation is 2. The molecule has 0 spiro atoms. The van der Waals surface area contributed by atoms with Crippen LogP contribution in [-0.2, 0) is 11.2 Å². The number of benzene rings is 1. The third-order valence-electron chi connectivity index (χ3n) is 4.15. The lowest BCUT2D eigenvalue weighted by atomic mass is 10.2. The zero-order valence-corrected chi connectivity index (χ0v) is 16.0. The summed E-state index contributed by atoms with van der Waals surface area (Å²) >= 11 is 1.57. The topological polar surface area (TPSA) is 55.6 Å². The molecule has 5 nitrogen and oxygen atoms in total. The minimum Gasteiger partial charge on any atom is -0.491 e. The Bertz CT molecular complexity index is 871. The number of aromatic nitrogens is 1. The summed E-state index contributed by atoms with van der Waals surface area (Å²) in [5.74, 6) is 2.10. The smallest absolute Gasteiger partial charge is 0.236 e. The summed E-state index contributed by atoms with van der Waals surface area (Å²) in [4.78, 5) is 19.6. The third-order valence-corrected chi connectivity index (χ3v) is 5.00. The van der Waals surface area contributed by atoms with Crippen LogP contribution in [0.2, 0.25) is 0 Å². The highest BCUT2D eigenvalue weighted by molar-refractivity contribution is 7.13. The Morgan fingerprint density at radius 3 is 2.77 bits per heavy atom. The van der Waals surface area contributed by atoms with E-state index in [0.717, 1.165) is 16.2 Å². The summed E-state index contributed by atoms with van der Waals surface area (Å²) in [5, 5.41) is 1.97. The van der Waals surface area contributed by atoms with Gasteiger partial charge in [-0.05, 0) is 36.9 Å². The molecule has 0 aliphatic carbocycles. The summed E-state index contributed by atoms with van der Waals surface area (Å²) in [5.41, 5.74) is 1.77. The third kappa shape index (κ3) is 4.32. The molecular formula is C20H22N2O3S.